The van der Waals surface area contributed by atoms with Crippen molar-refractivity contribution in [1.82, 2.24) is 0 Å². The molecule has 0 aromatic carbocycles. The van der Waals surface area contributed by atoms with Crippen LogP contribution >= 0.6 is 11.6 Å². The minimum atomic E-state index is -0.420. The average Bonchev–Trinajstić information content (AvgIpc) is 1.69. The summed E-state index contributed by atoms with van der Waals surface area (Å²) in [6, 6.07) is 0. The van der Waals surface area contributed by atoms with Crippen molar-refractivity contribution < 1.29 is 9.53 Å². The average molecular weight is 137 g/mol. The zero-order chi connectivity index (χ0) is 6.57. The van der Waals surface area contributed by atoms with Gasteiger partial charge in [0.2, 0.25) is 0 Å². The van der Waals surface area contributed by atoms with Crippen LogP contribution in [0.2, 0.25) is 0 Å². The van der Waals surface area contributed by atoms with Crippen molar-refractivity contribution in [3.8, 4) is 0 Å². The van der Waals surface area contributed by atoms with Gasteiger partial charge in [-0.1, -0.05) is 0 Å². The third kappa shape index (κ3) is 2.28. The number of ether oxygens (including phenoxy) is 1. The van der Waals surface area contributed by atoms with Crippen molar-refractivity contribution in [2.45, 2.75) is 13.0 Å². The number of methoxy groups -OCH3 is 1. The number of carbonyl (C=O) groups excluding carboxylic acids is 1. The van der Waals surface area contributed by atoms with Crippen LogP contribution in [0.3, 0.4) is 0 Å². The number of hydrogen-bond donors (Lipinski definition) is 0. The Morgan fingerprint density at radius 1 is 1.88 bits per heavy atom. The topological polar surface area (TPSA) is 26.3 Å². The quantitative estimate of drug-likeness (QED) is 0.538. The Labute approximate surface area is 53.8 Å². The predicted molar refractivity (Wildman–Crippen MR) is 32.2 cm³/mol. The second-order valence-electron chi connectivity index (χ2n) is 1.49. The van der Waals surface area contributed by atoms with Gasteiger partial charge in [-0.15, -0.1) is 11.6 Å². The highest BCUT2D eigenvalue weighted by Crippen LogP contribution is 1.93. The molecule has 0 aliphatic heterocycles. The fraction of sp³-hybridized carbons (Fsp3) is 0.800. The van der Waals surface area contributed by atoms with Gasteiger partial charge in [0.25, 0.3) is 0 Å². The van der Waals surface area contributed by atoms with E-state index in [9.17, 15) is 4.79 Å². The molecule has 1 unspecified atom stereocenters. The van der Waals surface area contributed by atoms with Crippen molar-refractivity contribution in [2.75, 3.05) is 13.0 Å². The molecular weight excluding hydrogens is 128 g/mol. The molecule has 0 bridgehead atoms. The van der Waals surface area contributed by atoms with Crippen LogP contribution < -0.4 is 0 Å². The Balaban J connectivity index is 3.52. The molecule has 0 amide bonds. The maximum atomic E-state index is 10.4. The van der Waals surface area contributed by atoms with Gasteiger partial charge in [-0.25, -0.2) is 0 Å². The first kappa shape index (κ1) is 7.92. The Morgan fingerprint density at radius 2 is 2.38 bits per heavy atom. The second kappa shape index (κ2) is 3.87. The minimum Gasteiger partial charge on any atom is -0.372 e. The van der Waals surface area contributed by atoms with E-state index in [1.807, 2.05) is 0 Å². The molecule has 0 rings (SSSR count). The maximum absolute atomic E-state index is 10.4. The van der Waals surface area contributed by atoms with Gasteiger partial charge < -0.3 is 4.74 Å². The molecule has 0 aromatic heterocycles. The fourth-order valence-electron chi connectivity index (χ4n) is 0.338. The third-order valence-corrected chi connectivity index (χ3v) is 1.16. The molecule has 8 heavy (non-hydrogen) atoms. The molecule has 0 aliphatic carbocycles. The number of Topliss-reactive ketones (excluding diaryl/α,β-unsaturated/α-hetero) is 1. The van der Waals surface area contributed by atoms with Crippen molar-refractivity contribution >= 4 is 17.4 Å². The lowest BCUT2D eigenvalue weighted by molar-refractivity contribution is -0.125. The monoisotopic (exact) mass is 136 g/mol. The van der Waals surface area contributed by atoms with Crippen LogP contribution in [-0.4, -0.2) is 24.9 Å². The zero-order valence-corrected chi connectivity index (χ0v) is 5.73. The summed E-state index contributed by atoms with van der Waals surface area (Å²) >= 11 is 5.32. The van der Waals surface area contributed by atoms with E-state index < -0.39 is 6.10 Å². The van der Waals surface area contributed by atoms with Gasteiger partial charge in [-0.2, -0.15) is 0 Å². The standard InChI is InChI=1S/C5H9ClO2/c1-4(7)5(3-6)8-2/h5H,3H2,1-2H3. The first-order valence-corrected chi connectivity index (χ1v) is 2.85. The molecule has 0 heterocycles. The Morgan fingerprint density at radius 3 is 2.38 bits per heavy atom. The summed E-state index contributed by atoms with van der Waals surface area (Å²) in [6.07, 6.45) is -0.420. The van der Waals surface area contributed by atoms with Crippen LogP contribution in [0.1, 0.15) is 6.92 Å². The summed E-state index contributed by atoms with van der Waals surface area (Å²) in [5.41, 5.74) is 0. The van der Waals surface area contributed by atoms with Crippen LogP contribution in [0.4, 0.5) is 0 Å². The molecule has 0 saturated heterocycles. The summed E-state index contributed by atoms with van der Waals surface area (Å²) in [5.74, 6) is 0.216. The zero-order valence-electron chi connectivity index (χ0n) is 4.98. The first-order valence-electron chi connectivity index (χ1n) is 2.31. The number of ketones is 1. The van der Waals surface area contributed by atoms with Crippen LogP contribution in [0.25, 0.3) is 0 Å². The molecule has 3 heteroatoms. The molecule has 0 spiro atoms. The van der Waals surface area contributed by atoms with Gasteiger partial charge in [0.05, 0.1) is 5.88 Å². The number of rotatable bonds is 3. The highest BCUT2D eigenvalue weighted by molar-refractivity contribution is 6.19. The molecule has 2 nitrogen and oxygen atoms in total. The van der Waals surface area contributed by atoms with Gasteiger partial charge in [-0.3, -0.25) is 4.79 Å². The van der Waals surface area contributed by atoms with Crippen molar-refractivity contribution in [3.05, 3.63) is 0 Å². The Kier molecular flexibility index (Phi) is 3.83. The summed E-state index contributed by atoms with van der Waals surface area (Å²) < 4.78 is 4.68. The molecule has 0 radical (unpaired) electrons. The predicted octanol–water partition coefficient (Wildman–Crippen LogP) is 0.829. The van der Waals surface area contributed by atoms with E-state index in [0.29, 0.717) is 0 Å². The molecule has 0 saturated carbocycles. The minimum absolute atomic E-state index is 0.0255. The van der Waals surface area contributed by atoms with Gasteiger partial charge in [-0.05, 0) is 6.92 Å². The summed E-state index contributed by atoms with van der Waals surface area (Å²) in [7, 11) is 1.47. The van der Waals surface area contributed by atoms with E-state index in [1.165, 1.54) is 14.0 Å². The van der Waals surface area contributed by atoms with Crippen molar-refractivity contribution in [1.29, 1.82) is 0 Å². The Bertz CT molecular complexity index is 78.5. The van der Waals surface area contributed by atoms with E-state index in [4.69, 9.17) is 11.6 Å². The Hall–Kier alpha value is -0.0800. The van der Waals surface area contributed by atoms with Crippen LogP contribution in [0.15, 0.2) is 0 Å². The summed E-state index contributed by atoms with van der Waals surface area (Å²) in [5, 5.41) is 0. The van der Waals surface area contributed by atoms with Crippen molar-refractivity contribution in [3.63, 3.8) is 0 Å². The van der Waals surface area contributed by atoms with Gasteiger partial charge in [0.15, 0.2) is 5.78 Å². The van der Waals surface area contributed by atoms with E-state index in [1.54, 1.807) is 0 Å². The number of carbonyl (C=O) groups is 1. The molecule has 0 fully saturated rings. The SMILES string of the molecule is COC(CCl)C(C)=O. The molecule has 1 atom stereocenters. The van der Waals surface area contributed by atoms with Gasteiger partial charge in [0, 0.05) is 7.11 Å². The van der Waals surface area contributed by atoms with Gasteiger partial charge in [0.1, 0.15) is 6.10 Å². The maximum Gasteiger partial charge on any atom is 0.159 e. The normalized spacial score (nSPS) is 13.4. The summed E-state index contributed by atoms with van der Waals surface area (Å²) in [6.45, 7) is 1.45. The molecule has 0 aliphatic rings. The van der Waals surface area contributed by atoms with E-state index in [2.05, 4.69) is 4.74 Å². The first-order chi connectivity index (χ1) is 3.72. The largest absolute Gasteiger partial charge is 0.372 e. The van der Waals surface area contributed by atoms with E-state index >= 15 is 0 Å². The van der Waals surface area contributed by atoms with Crippen LogP contribution in [0.5, 0.6) is 0 Å². The second-order valence-corrected chi connectivity index (χ2v) is 1.80. The van der Waals surface area contributed by atoms with E-state index in [-0.39, 0.29) is 11.7 Å². The van der Waals surface area contributed by atoms with Gasteiger partial charge >= 0.3 is 0 Å². The van der Waals surface area contributed by atoms with E-state index in [0.717, 1.165) is 0 Å². The number of halogens is 1. The molecule has 48 valence electrons. The van der Waals surface area contributed by atoms with Crippen LogP contribution in [-0.2, 0) is 9.53 Å². The smallest absolute Gasteiger partial charge is 0.159 e. The summed E-state index contributed by atoms with van der Waals surface area (Å²) in [4.78, 5) is 10.4. The molecule has 0 N–H and O–H groups in total. The highest BCUT2D eigenvalue weighted by Gasteiger charge is 2.09. The molecule has 0 aromatic rings. The molecular formula is C5H9ClO2. The highest BCUT2D eigenvalue weighted by atomic mass is 35.5. The number of hydrogen-bond acceptors (Lipinski definition) is 2. The lowest BCUT2D eigenvalue weighted by Crippen LogP contribution is -2.21. The lowest BCUT2D eigenvalue weighted by Gasteiger charge is -2.04. The lowest BCUT2D eigenvalue weighted by atomic mass is 10.3. The number of alkyl halides is 1. The van der Waals surface area contributed by atoms with Crippen molar-refractivity contribution in [2.24, 2.45) is 0 Å². The van der Waals surface area contributed by atoms with Crippen LogP contribution in [0, 0.1) is 0 Å². The third-order valence-electron chi connectivity index (χ3n) is 0.878. The fourth-order valence-corrected chi connectivity index (χ4v) is 0.681.